The van der Waals surface area contributed by atoms with E-state index in [1.54, 1.807) is 0 Å². The zero-order chi connectivity index (χ0) is 14.5. The van der Waals surface area contributed by atoms with Crippen LogP contribution < -0.4 is 0 Å². The van der Waals surface area contributed by atoms with Crippen molar-refractivity contribution in [1.29, 1.82) is 0 Å². The van der Waals surface area contributed by atoms with Crippen LogP contribution in [0.5, 0.6) is 0 Å². The molecule has 112 valence electrons. The number of halogens is 3. The molecule has 0 radical (unpaired) electrons. The molecule has 0 aromatic carbocycles. The summed E-state index contributed by atoms with van der Waals surface area (Å²) in [7, 11) is 1.17. The highest BCUT2D eigenvalue weighted by Gasteiger charge is 2.32. The third kappa shape index (κ3) is 5.78. The minimum absolute atomic E-state index is 0.00273. The Morgan fingerprint density at radius 3 is 2.68 bits per heavy atom. The van der Waals surface area contributed by atoms with Crippen molar-refractivity contribution in [1.82, 2.24) is 9.80 Å². The molecule has 0 aromatic rings. The fourth-order valence-electron chi connectivity index (χ4n) is 2.40. The van der Waals surface area contributed by atoms with Gasteiger partial charge in [-0.1, -0.05) is 6.42 Å². The maximum atomic E-state index is 12.2. The van der Waals surface area contributed by atoms with Gasteiger partial charge in [-0.15, -0.1) is 0 Å². The number of carbonyl (C=O) groups excluding carboxylic acids is 1. The molecule has 1 amide bonds. The number of likely N-dealkylation sites (tertiary alicyclic amines) is 1. The maximum Gasteiger partial charge on any atom is 0.406 e. The van der Waals surface area contributed by atoms with Gasteiger partial charge in [0.2, 0.25) is 5.91 Å². The Hall–Kier alpha value is -0.820. The molecule has 0 spiro atoms. The van der Waals surface area contributed by atoms with Crippen LogP contribution in [0.3, 0.4) is 0 Å². The second-order valence-electron chi connectivity index (χ2n) is 5.00. The first kappa shape index (κ1) is 16.2. The lowest BCUT2D eigenvalue weighted by molar-refractivity contribution is -0.159. The van der Waals surface area contributed by atoms with Crippen molar-refractivity contribution in [2.24, 2.45) is 0 Å². The average molecular weight is 282 g/mol. The number of alkyl halides is 3. The number of aliphatic hydroxyl groups is 1. The Morgan fingerprint density at radius 1 is 1.42 bits per heavy atom. The molecule has 0 bridgehead atoms. The topological polar surface area (TPSA) is 43.8 Å². The van der Waals surface area contributed by atoms with Crippen molar-refractivity contribution in [2.75, 3.05) is 33.3 Å². The van der Waals surface area contributed by atoms with Crippen molar-refractivity contribution in [3.8, 4) is 0 Å². The summed E-state index contributed by atoms with van der Waals surface area (Å²) in [5.74, 6) is -0.526. The van der Waals surface area contributed by atoms with E-state index in [0.717, 1.165) is 19.3 Å². The van der Waals surface area contributed by atoms with Crippen LogP contribution in [0.15, 0.2) is 0 Å². The highest BCUT2D eigenvalue weighted by Crippen LogP contribution is 2.20. The Kier molecular flexibility index (Phi) is 6.06. The largest absolute Gasteiger partial charge is 0.406 e. The molecule has 0 saturated carbocycles. The molecule has 1 fully saturated rings. The number of hydrogen-bond acceptors (Lipinski definition) is 3. The molecule has 1 atom stereocenters. The molecule has 1 rings (SSSR count). The number of aliphatic hydroxyl groups excluding tert-OH is 1. The number of carbonyl (C=O) groups is 1. The van der Waals surface area contributed by atoms with Gasteiger partial charge in [0.05, 0.1) is 6.54 Å². The number of piperidine rings is 1. The summed E-state index contributed by atoms with van der Waals surface area (Å²) < 4.78 is 36.6. The molecule has 1 aliphatic heterocycles. The summed E-state index contributed by atoms with van der Waals surface area (Å²) in [5.41, 5.74) is 0. The minimum Gasteiger partial charge on any atom is -0.396 e. The monoisotopic (exact) mass is 282 g/mol. The molecule has 7 heteroatoms. The lowest BCUT2D eigenvalue weighted by atomic mass is 9.99. The van der Waals surface area contributed by atoms with Crippen LogP contribution in [0.1, 0.15) is 25.7 Å². The first-order chi connectivity index (χ1) is 8.83. The van der Waals surface area contributed by atoms with Gasteiger partial charge in [0.15, 0.2) is 0 Å². The summed E-state index contributed by atoms with van der Waals surface area (Å²) in [6, 6.07) is 0.0991. The lowest BCUT2D eigenvalue weighted by Gasteiger charge is -2.35. The first-order valence-electron chi connectivity index (χ1n) is 6.49. The summed E-state index contributed by atoms with van der Waals surface area (Å²) in [4.78, 5) is 14.4. The zero-order valence-electron chi connectivity index (χ0n) is 11.1. The van der Waals surface area contributed by atoms with Crippen molar-refractivity contribution < 1.29 is 23.1 Å². The van der Waals surface area contributed by atoms with Crippen LogP contribution in [-0.2, 0) is 4.79 Å². The van der Waals surface area contributed by atoms with E-state index < -0.39 is 18.6 Å². The Balaban J connectivity index is 2.49. The molecule has 1 heterocycles. The smallest absolute Gasteiger partial charge is 0.396 e. The standard InChI is InChI=1S/C12H21F3N2O2/c1-16(9-12(13,14)15)11(19)8-17-6-3-2-4-10(17)5-7-18/h10,18H,2-9H2,1H3. The quantitative estimate of drug-likeness (QED) is 0.825. The third-order valence-electron chi connectivity index (χ3n) is 3.39. The second-order valence-corrected chi connectivity index (χ2v) is 5.00. The molecule has 0 aliphatic carbocycles. The van der Waals surface area contributed by atoms with Gasteiger partial charge in [-0.05, 0) is 25.8 Å². The first-order valence-corrected chi connectivity index (χ1v) is 6.49. The van der Waals surface area contributed by atoms with Crippen LogP contribution in [0.2, 0.25) is 0 Å². The van der Waals surface area contributed by atoms with Crippen LogP contribution in [0.4, 0.5) is 13.2 Å². The maximum absolute atomic E-state index is 12.2. The molecule has 1 saturated heterocycles. The van der Waals surface area contributed by atoms with Crippen LogP contribution in [-0.4, -0.2) is 66.3 Å². The fraction of sp³-hybridized carbons (Fsp3) is 0.917. The molecular formula is C12H21F3N2O2. The summed E-state index contributed by atoms with van der Waals surface area (Å²) in [6.07, 6.45) is -0.935. The van der Waals surface area contributed by atoms with E-state index in [1.807, 2.05) is 4.90 Å². The van der Waals surface area contributed by atoms with E-state index in [4.69, 9.17) is 5.11 Å². The molecule has 1 aliphatic rings. The normalized spacial score (nSPS) is 21.4. The Labute approximate surface area is 111 Å². The highest BCUT2D eigenvalue weighted by molar-refractivity contribution is 5.78. The number of nitrogens with zero attached hydrogens (tertiary/aromatic N) is 2. The zero-order valence-corrected chi connectivity index (χ0v) is 11.1. The molecule has 4 nitrogen and oxygen atoms in total. The number of rotatable bonds is 5. The number of likely N-dealkylation sites (N-methyl/N-ethyl adjacent to an activating group) is 1. The van der Waals surface area contributed by atoms with Gasteiger partial charge in [0.25, 0.3) is 0 Å². The van der Waals surface area contributed by atoms with E-state index in [2.05, 4.69) is 0 Å². The van der Waals surface area contributed by atoms with Gasteiger partial charge in [0.1, 0.15) is 6.54 Å². The van der Waals surface area contributed by atoms with Gasteiger partial charge >= 0.3 is 6.18 Å². The van der Waals surface area contributed by atoms with Crippen molar-refractivity contribution in [3.63, 3.8) is 0 Å². The van der Waals surface area contributed by atoms with E-state index in [1.165, 1.54) is 7.05 Å². The predicted molar refractivity (Wildman–Crippen MR) is 64.6 cm³/mol. The van der Waals surface area contributed by atoms with Gasteiger partial charge in [-0.25, -0.2) is 0 Å². The molecule has 1 unspecified atom stereocenters. The molecule has 19 heavy (non-hydrogen) atoms. The van der Waals surface area contributed by atoms with Crippen LogP contribution >= 0.6 is 0 Å². The van der Waals surface area contributed by atoms with Gasteiger partial charge in [-0.2, -0.15) is 13.2 Å². The van der Waals surface area contributed by atoms with E-state index in [9.17, 15) is 18.0 Å². The van der Waals surface area contributed by atoms with Crippen LogP contribution in [0.25, 0.3) is 0 Å². The van der Waals surface area contributed by atoms with Crippen molar-refractivity contribution in [2.45, 2.75) is 37.9 Å². The average Bonchev–Trinajstić information content (AvgIpc) is 2.29. The Morgan fingerprint density at radius 2 is 2.11 bits per heavy atom. The summed E-state index contributed by atoms with van der Waals surface area (Å²) in [5, 5.41) is 8.96. The predicted octanol–water partition coefficient (Wildman–Crippen LogP) is 1.24. The lowest BCUT2D eigenvalue weighted by Crippen LogP contribution is -2.47. The SMILES string of the molecule is CN(CC(F)(F)F)C(=O)CN1CCCCC1CCO. The summed E-state index contributed by atoms with van der Waals surface area (Å²) in [6.45, 7) is -0.481. The molecular weight excluding hydrogens is 261 g/mol. The molecule has 0 aromatic heterocycles. The van der Waals surface area contributed by atoms with Gasteiger partial charge < -0.3 is 10.0 Å². The van der Waals surface area contributed by atoms with Gasteiger partial charge in [-0.3, -0.25) is 9.69 Å². The highest BCUT2D eigenvalue weighted by atomic mass is 19.4. The minimum atomic E-state index is -4.36. The number of amides is 1. The van der Waals surface area contributed by atoms with E-state index in [0.29, 0.717) is 17.9 Å². The van der Waals surface area contributed by atoms with Gasteiger partial charge in [0, 0.05) is 19.7 Å². The fourth-order valence-corrected chi connectivity index (χ4v) is 2.40. The summed E-state index contributed by atoms with van der Waals surface area (Å²) >= 11 is 0. The van der Waals surface area contributed by atoms with E-state index in [-0.39, 0.29) is 19.2 Å². The Bertz CT molecular complexity index is 295. The third-order valence-corrected chi connectivity index (χ3v) is 3.39. The van der Waals surface area contributed by atoms with Crippen molar-refractivity contribution >= 4 is 5.91 Å². The van der Waals surface area contributed by atoms with Crippen molar-refractivity contribution in [3.05, 3.63) is 0 Å². The van der Waals surface area contributed by atoms with E-state index >= 15 is 0 Å². The number of hydrogen-bond donors (Lipinski definition) is 1. The van der Waals surface area contributed by atoms with Crippen LogP contribution in [0, 0.1) is 0 Å². The molecule has 1 N–H and O–H groups in total. The second kappa shape index (κ2) is 7.09.